The molecular weight excluding hydrogens is 230 g/mol. The molecule has 18 heavy (non-hydrogen) atoms. The van der Waals surface area contributed by atoms with Gasteiger partial charge in [-0.2, -0.15) is 0 Å². The third kappa shape index (κ3) is 2.32. The number of carbonyl (C=O) groups excluding carboxylic acids is 2. The van der Waals surface area contributed by atoms with Crippen LogP contribution in [0.1, 0.15) is 17.3 Å². The average Bonchev–Trinajstić information content (AvgIpc) is 2.37. The molecule has 92 valence electrons. The van der Waals surface area contributed by atoms with E-state index < -0.39 is 5.91 Å². The van der Waals surface area contributed by atoms with E-state index in [-0.39, 0.29) is 23.6 Å². The highest BCUT2D eigenvalue weighted by Gasteiger charge is 2.13. The van der Waals surface area contributed by atoms with Gasteiger partial charge in [0.05, 0.1) is 12.1 Å². The zero-order valence-electron chi connectivity index (χ0n) is 9.93. The van der Waals surface area contributed by atoms with Gasteiger partial charge in [-0.05, 0) is 18.4 Å². The van der Waals surface area contributed by atoms with Crippen molar-refractivity contribution in [1.82, 2.24) is 5.32 Å². The van der Waals surface area contributed by atoms with Crippen molar-refractivity contribution >= 4 is 22.5 Å². The van der Waals surface area contributed by atoms with Gasteiger partial charge in [-0.1, -0.05) is 30.3 Å². The Balaban J connectivity index is 2.37. The molecule has 0 aliphatic rings. The number of hydrogen-bond acceptors (Lipinski definition) is 3. The average molecular weight is 243 g/mol. The first-order valence-corrected chi connectivity index (χ1v) is 5.58. The molecule has 0 saturated carbocycles. The Morgan fingerprint density at radius 2 is 1.89 bits per heavy atom. The maximum Gasteiger partial charge on any atom is 0.255 e. The van der Waals surface area contributed by atoms with E-state index in [9.17, 15) is 14.7 Å². The van der Waals surface area contributed by atoms with Crippen LogP contribution in [0.3, 0.4) is 0 Å². The lowest BCUT2D eigenvalue weighted by molar-refractivity contribution is -0.116. The lowest BCUT2D eigenvalue weighted by Gasteiger charge is -2.07. The van der Waals surface area contributed by atoms with E-state index in [4.69, 9.17) is 0 Å². The van der Waals surface area contributed by atoms with Crippen molar-refractivity contribution < 1.29 is 14.7 Å². The van der Waals surface area contributed by atoms with Crippen molar-refractivity contribution in [2.45, 2.75) is 6.92 Å². The van der Waals surface area contributed by atoms with Gasteiger partial charge in [0, 0.05) is 5.39 Å². The monoisotopic (exact) mass is 243 g/mol. The van der Waals surface area contributed by atoms with E-state index in [1.165, 1.54) is 6.92 Å². The van der Waals surface area contributed by atoms with Crippen molar-refractivity contribution in [3.63, 3.8) is 0 Å². The number of carbonyl (C=O) groups is 2. The van der Waals surface area contributed by atoms with Gasteiger partial charge >= 0.3 is 0 Å². The van der Waals surface area contributed by atoms with Gasteiger partial charge in [-0.3, -0.25) is 9.59 Å². The Labute approximate surface area is 104 Å². The predicted octanol–water partition coefficient (Wildman–Crippen LogP) is 1.86. The van der Waals surface area contributed by atoms with Crippen LogP contribution >= 0.6 is 0 Å². The lowest BCUT2D eigenvalue weighted by Crippen LogP contribution is -2.28. The Hall–Kier alpha value is -2.36. The molecule has 2 N–H and O–H groups in total. The standard InChI is InChI=1S/C14H13NO3/c1-9(16)8-15-14(18)12-7-6-10-4-2-3-5-11(10)13(12)17/h2-7,17H,8H2,1H3,(H,15,18). The maximum absolute atomic E-state index is 11.8. The Kier molecular flexibility index (Phi) is 3.28. The zero-order chi connectivity index (χ0) is 13.1. The zero-order valence-corrected chi connectivity index (χ0v) is 9.93. The third-order valence-corrected chi connectivity index (χ3v) is 2.64. The SMILES string of the molecule is CC(=O)CNC(=O)c1ccc2ccccc2c1O. The highest BCUT2D eigenvalue weighted by Crippen LogP contribution is 2.28. The molecule has 0 aliphatic carbocycles. The van der Waals surface area contributed by atoms with Crippen LogP contribution < -0.4 is 5.32 Å². The second kappa shape index (κ2) is 4.87. The molecule has 0 unspecified atom stereocenters. The molecule has 4 heteroatoms. The van der Waals surface area contributed by atoms with Gasteiger partial charge in [0.25, 0.3) is 5.91 Å². The number of Topliss-reactive ketones (excluding diaryl/α,β-unsaturated/α-hetero) is 1. The minimum atomic E-state index is -0.451. The molecule has 1 amide bonds. The molecule has 0 bridgehead atoms. The van der Waals surface area contributed by atoms with Crippen LogP contribution in [0.2, 0.25) is 0 Å². The maximum atomic E-state index is 11.8. The number of phenols is 1. The summed E-state index contributed by atoms with van der Waals surface area (Å²) in [6, 6.07) is 10.6. The molecule has 2 aromatic carbocycles. The van der Waals surface area contributed by atoms with Crippen LogP contribution in [-0.4, -0.2) is 23.3 Å². The molecule has 0 atom stereocenters. The van der Waals surface area contributed by atoms with E-state index >= 15 is 0 Å². The number of fused-ring (bicyclic) bond motifs is 1. The van der Waals surface area contributed by atoms with Gasteiger partial charge in [-0.15, -0.1) is 0 Å². The predicted molar refractivity (Wildman–Crippen MR) is 68.6 cm³/mol. The molecule has 4 nitrogen and oxygen atoms in total. The van der Waals surface area contributed by atoms with Gasteiger partial charge in [0.15, 0.2) is 0 Å². The number of amides is 1. The molecule has 2 rings (SSSR count). The molecule has 0 spiro atoms. The van der Waals surface area contributed by atoms with Crippen molar-refractivity contribution in [2.24, 2.45) is 0 Å². The summed E-state index contributed by atoms with van der Waals surface area (Å²) in [7, 11) is 0. The normalized spacial score (nSPS) is 10.3. The highest BCUT2D eigenvalue weighted by molar-refractivity contribution is 6.04. The summed E-state index contributed by atoms with van der Waals surface area (Å²) in [6.45, 7) is 1.35. The summed E-state index contributed by atoms with van der Waals surface area (Å²) in [6.07, 6.45) is 0. The number of phenolic OH excluding ortho intramolecular Hbond substituents is 1. The van der Waals surface area contributed by atoms with E-state index in [0.717, 1.165) is 5.39 Å². The number of nitrogens with one attached hydrogen (secondary N) is 1. The van der Waals surface area contributed by atoms with Crippen molar-refractivity contribution in [3.05, 3.63) is 42.0 Å². The quantitative estimate of drug-likeness (QED) is 0.864. The summed E-state index contributed by atoms with van der Waals surface area (Å²) < 4.78 is 0. The molecule has 0 radical (unpaired) electrons. The molecule has 0 heterocycles. The highest BCUT2D eigenvalue weighted by atomic mass is 16.3. The Bertz CT molecular complexity index is 619. The summed E-state index contributed by atoms with van der Waals surface area (Å²) in [4.78, 5) is 22.6. The summed E-state index contributed by atoms with van der Waals surface area (Å²) in [5.74, 6) is -0.647. The molecule has 0 fully saturated rings. The fourth-order valence-corrected chi connectivity index (χ4v) is 1.74. The van der Waals surface area contributed by atoms with Gasteiger partial charge < -0.3 is 10.4 Å². The summed E-state index contributed by atoms with van der Waals surface area (Å²) in [5, 5.41) is 14.0. The topological polar surface area (TPSA) is 66.4 Å². The second-order valence-electron chi connectivity index (χ2n) is 4.07. The molecule has 0 saturated heterocycles. The number of aromatic hydroxyl groups is 1. The lowest BCUT2D eigenvalue weighted by atomic mass is 10.0. The smallest absolute Gasteiger partial charge is 0.255 e. The molecule has 2 aromatic rings. The Morgan fingerprint density at radius 1 is 1.17 bits per heavy atom. The van der Waals surface area contributed by atoms with Crippen LogP contribution in [0.15, 0.2) is 36.4 Å². The van der Waals surface area contributed by atoms with Gasteiger partial charge in [-0.25, -0.2) is 0 Å². The first kappa shape index (κ1) is 12.1. The van der Waals surface area contributed by atoms with Crippen LogP contribution in [0.4, 0.5) is 0 Å². The van der Waals surface area contributed by atoms with Crippen LogP contribution in [0, 0.1) is 0 Å². The molecule has 0 aliphatic heterocycles. The second-order valence-corrected chi connectivity index (χ2v) is 4.07. The fraction of sp³-hybridized carbons (Fsp3) is 0.143. The summed E-state index contributed by atoms with van der Waals surface area (Å²) in [5.41, 5.74) is 0.176. The Morgan fingerprint density at radius 3 is 2.61 bits per heavy atom. The van der Waals surface area contributed by atoms with Crippen LogP contribution in [-0.2, 0) is 4.79 Å². The summed E-state index contributed by atoms with van der Waals surface area (Å²) >= 11 is 0. The number of hydrogen-bond donors (Lipinski definition) is 2. The van der Waals surface area contributed by atoms with Gasteiger partial charge in [0.2, 0.25) is 0 Å². The van der Waals surface area contributed by atoms with E-state index in [2.05, 4.69) is 5.32 Å². The molecule has 0 aromatic heterocycles. The van der Waals surface area contributed by atoms with Gasteiger partial charge in [0.1, 0.15) is 11.5 Å². The van der Waals surface area contributed by atoms with Crippen LogP contribution in [0.25, 0.3) is 10.8 Å². The third-order valence-electron chi connectivity index (χ3n) is 2.64. The minimum absolute atomic E-state index is 0.0366. The number of rotatable bonds is 3. The largest absolute Gasteiger partial charge is 0.506 e. The van der Waals surface area contributed by atoms with E-state index in [0.29, 0.717) is 5.39 Å². The van der Waals surface area contributed by atoms with Crippen LogP contribution in [0.5, 0.6) is 5.75 Å². The fourth-order valence-electron chi connectivity index (χ4n) is 1.74. The van der Waals surface area contributed by atoms with E-state index in [1.54, 1.807) is 24.3 Å². The molecular formula is C14H13NO3. The minimum Gasteiger partial charge on any atom is -0.506 e. The number of ketones is 1. The van der Waals surface area contributed by atoms with Crippen molar-refractivity contribution in [2.75, 3.05) is 6.54 Å². The first-order valence-electron chi connectivity index (χ1n) is 5.58. The number of benzene rings is 2. The first-order chi connectivity index (χ1) is 8.59. The van der Waals surface area contributed by atoms with Crippen molar-refractivity contribution in [3.8, 4) is 5.75 Å². The van der Waals surface area contributed by atoms with E-state index in [1.807, 2.05) is 12.1 Å². The van der Waals surface area contributed by atoms with Crippen molar-refractivity contribution in [1.29, 1.82) is 0 Å².